The van der Waals surface area contributed by atoms with E-state index in [0.29, 0.717) is 0 Å². The van der Waals surface area contributed by atoms with Gasteiger partial charge in [-0.2, -0.15) is 0 Å². The number of carboxylic acid groups (broad SMARTS) is 1. The molecular weight excluding hydrogens is 254 g/mol. The molecular formula is C11H11N3O5. The van der Waals surface area contributed by atoms with E-state index in [9.17, 15) is 14.4 Å². The highest BCUT2D eigenvalue weighted by atomic mass is 16.5. The number of hydrogen-bond acceptors (Lipinski definition) is 6. The maximum Gasteiger partial charge on any atom is 0.341 e. The molecule has 19 heavy (non-hydrogen) atoms. The van der Waals surface area contributed by atoms with Crippen molar-refractivity contribution in [3.63, 3.8) is 0 Å². The van der Waals surface area contributed by atoms with Crippen molar-refractivity contribution in [3.05, 3.63) is 18.1 Å². The Hall–Kier alpha value is -2.51. The maximum atomic E-state index is 11.8. The number of amides is 1. The smallest absolute Gasteiger partial charge is 0.341 e. The summed E-state index contributed by atoms with van der Waals surface area (Å²) in [5.74, 6) is -2.70. The van der Waals surface area contributed by atoms with Gasteiger partial charge in [0.25, 0.3) is 0 Å². The van der Waals surface area contributed by atoms with Crippen molar-refractivity contribution in [2.45, 2.75) is 6.42 Å². The lowest BCUT2D eigenvalue weighted by Gasteiger charge is -2.16. The van der Waals surface area contributed by atoms with Crippen molar-refractivity contribution in [1.82, 2.24) is 9.97 Å². The van der Waals surface area contributed by atoms with Crippen LogP contribution in [0.1, 0.15) is 16.8 Å². The van der Waals surface area contributed by atoms with Crippen LogP contribution in [-0.4, -0.2) is 46.6 Å². The van der Waals surface area contributed by atoms with Crippen LogP contribution in [-0.2, 0) is 14.3 Å². The average Bonchev–Trinajstić information content (AvgIpc) is 2.79. The highest BCUT2D eigenvalue weighted by Crippen LogP contribution is 2.26. The molecule has 8 nitrogen and oxygen atoms in total. The molecule has 0 bridgehead atoms. The Morgan fingerprint density at radius 1 is 1.53 bits per heavy atom. The Kier molecular flexibility index (Phi) is 3.41. The Bertz CT molecular complexity index is 545. The number of methoxy groups -OCH3 is 1. The number of nitrogens with zero attached hydrogens (tertiary/aromatic N) is 3. The number of esters is 1. The SMILES string of the molecule is COC(=O)C1CC(=O)N(c2ncncc2C(=O)O)C1. The first-order valence-corrected chi connectivity index (χ1v) is 5.46. The molecule has 1 fully saturated rings. The molecule has 1 aromatic rings. The van der Waals surface area contributed by atoms with E-state index in [1.807, 2.05) is 0 Å². The summed E-state index contributed by atoms with van der Waals surface area (Å²) in [6.07, 6.45) is 2.25. The van der Waals surface area contributed by atoms with E-state index in [-0.39, 0.29) is 30.3 Å². The van der Waals surface area contributed by atoms with Crippen molar-refractivity contribution in [1.29, 1.82) is 0 Å². The molecule has 0 aromatic carbocycles. The van der Waals surface area contributed by atoms with Crippen LogP contribution in [0.2, 0.25) is 0 Å². The number of carbonyl (C=O) groups excluding carboxylic acids is 2. The van der Waals surface area contributed by atoms with E-state index in [1.165, 1.54) is 12.0 Å². The number of rotatable bonds is 3. The van der Waals surface area contributed by atoms with Crippen LogP contribution in [0.25, 0.3) is 0 Å². The molecule has 1 aliphatic rings. The van der Waals surface area contributed by atoms with Gasteiger partial charge in [0.2, 0.25) is 5.91 Å². The van der Waals surface area contributed by atoms with E-state index < -0.39 is 17.9 Å². The summed E-state index contributed by atoms with van der Waals surface area (Å²) in [6.45, 7) is 0.0583. The van der Waals surface area contributed by atoms with Gasteiger partial charge in [0.05, 0.1) is 13.0 Å². The minimum absolute atomic E-state index is 0.00102. The zero-order chi connectivity index (χ0) is 14.0. The molecule has 1 unspecified atom stereocenters. The number of aromatic carboxylic acids is 1. The van der Waals surface area contributed by atoms with Crippen LogP contribution < -0.4 is 4.90 Å². The summed E-state index contributed by atoms with van der Waals surface area (Å²) < 4.78 is 4.58. The summed E-state index contributed by atoms with van der Waals surface area (Å²) in [5.41, 5.74) is -0.179. The minimum atomic E-state index is -1.23. The highest BCUT2D eigenvalue weighted by Gasteiger charge is 2.38. The number of carboxylic acids is 1. The van der Waals surface area contributed by atoms with Crippen molar-refractivity contribution in [3.8, 4) is 0 Å². The Balaban J connectivity index is 2.31. The van der Waals surface area contributed by atoms with E-state index in [4.69, 9.17) is 5.11 Å². The average molecular weight is 265 g/mol. The van der Waals surface area contributed by atoms with Crippen molar-refractivity contribution >= 4 is 23.7 Å². The topological polar surface area (TPSA) is 110 Å². The Morgan fingerprint density at radius 2 is 2.26 bits per heavy atom. The lowest BCUT2D eigenvalue weighted by molar-refractivity contribution is -0.145. The second-order valence-corrected chi connectivity index (χ2v) is 3.99. The largest absolute Gasteiger partial charge is 0.477 e. The molecule has 0 saturated carbocycles. The van der Waals surface area contributed by atoms with Gasteiger partial charge in [-0.3, -0.25) is 14.5 Å². The highest BCUT2D eigenvalue weighted by molar-refractivity contribution is 6.03. The third-order valence-electron chi connectivity index (χ3n) is 2.84. The number of hydrogen-bond donors (Lipinski definition) is 1. The second-order valence-electron chi connectivity index (χ2n) is 3.99. The van der Waals surface area contributed by atoms with Crippen LogP contribution in [0.15, 0.2) is 12.5 Å². The number of anilines is 1. The third-order valence-corrected chi connectivity index (χ3v) is 2.84. The van der Waals surface area contributed by atoms with Crippen LogP contribution in [0, 0.1) is 5.92 Å². The Labute approximate surface area is 108 Å². The van der Waals surface area contributed by atoms with E-state index >= 15 is 0 Å². The summed E-state index contributed by atoms with van der Waals surface area (Å²) >= 11 is 0. The van der Waals surface area contributed by atoms with Crippen LogP contribution in [0.3, 0.4) is 0 Å². The summed E-state index contributed by atoms with van der Waals surface area (Å²) in [6, 6.07) is 0. The fourth-order valence-electron chi connectivity index (χ4n) is 1.93. The minimum Gasteiger partial charge on any atom is -0.477 e. The molecule has 8 heteroatoms. The molecule has 1 aromatic heterocycles. The summed E-state index contributed by atoms with van der Waals surface area (Å²) in [7, 11) is 1.24. The van der Waals surface area contributed by atoms with Gasteiger partial charge < -0.3 is 9.84 Å². The van der Waals surface area contributed by atoms with Crippen LogP contribution >= 0.6 is 0 Å². The predicted molar refractivity (Wildman–Crippen MR) is 61.5 cm³/mol. The van der Waals surface area contributed by atoms with Crippen molar-refractivity contribution < 1.29 is 24.2 Å². The molecule has 100 valence electrons. The summed E-state index contributed by atoms with van der Waals surface area (Å²) in [5, 5.41) is 9.02. The van der Waals surface area contributed by atoms with Gasteiger partial charge in [-0.1, -0.05) is 0 Å². The van der Waals surface area contributed by atoms with Gasteiger partial charge >= 0.3 is 11.9 Å². The first-order valence-electron chi connectivity index (χ1n) is 5.46. The third kappa shape index (κ3) is 2.37. The molecule has 1 saturated heterocycles. The zero-order valence-electron chi connectivity index (χ0n) is 10.1. The normalized spacial score (nSPS) is 18.5. The first-order chi connectivity index (χ1) is 9.04. The quantitative estimate of drug-likeness (QED) is 0.747. The molecule has 1 N–H and O–H groups in total. The molecule has 2 rings (SSSR count). The molecule has 1 atom stereocenters. The lowest BCUT2D eigenvalue weighted by atomic mass is 10.1. The second kappa shape index (κ2) is 5.01. The fourth-order valence-corrected chi connectivity index (χ4v) is 1.93. The van der Waals surface area contributed by atoms with Gasteiger partial charge in [0, 0.05) is 19.2 Å². The number of ether oxygens (including phenoxy) is 1. The maximum absolute atomic E-state index is 11.8. The molecule has 0 aliphatic carbocycles. The Morgan fingerprint density at radius 3 is 2.89 bits per heavy atom. The van der Waals surface area contributed by atoms with Gasteiger partial charge in [-0.15, -0.1) is 0 Å². The lowest BCUT2D eigenvalue weighted by Crippen LogP contribution is -2.29. The van der Waals surface area contributed by atoms with E-state index in [0.717, 1.165) is 12.5 Å². The predicted octanol–water partition coefficient (Wildman–Crippen LogP) is -0.299. The monoisotopic (exact) mass is 265 g/mol. The molecule has 0 radical (unpaired) electrons. The van der Waals surface area contributed by atoms with Crippen LogP contribution in [0.5, 0.6) is 0 Å². The van der Waals surface area contributed by atoms with Crippen molar-refractivity contribution in [2.75, 3.05) is 18.6 Å². The molecule has 1 aliphatic heterocycles. The number of carbonyl (C=O) groups is 3. The molecule has 1 amide bonds. The molecule has 2 heterocycles. The van der Waals surface area contributed by atoms with Gasteiger partial charge in [-0.05, 0) is 0 Å². The van der Waals surface area contributed by atoms with Crippen molar-refractivity contribution in [2.24, 2.45) is 5.92 Å². The first kappa shape index (κ1) is 12.9. The standard InChI is InChI=1S/C11H11N3O5/c1-19-11(18)6-2-8(15)14(4-6)9-7(10(16)17)3-12-5-13-9/h3,5-6H,2,4H2,1H3,(H,16,17). The fraction of sp³-hybridized carbons (Fsp3) is 0.364. The van der Waals surface area contributed by atoms with Crippen LogP contribution in [0.4, 0.5) is 5.82 Å². The number of aromatic nitrogens is 2. The van der Waals surface area contributed by atoms with Gasteiger partial charge in [-0.25, -0.2) is 14.8 Å². The van der Waals surface area contributed by atoms with Gasteiger partial charge in [0.1, 0.15) is 11.9 Å². The summed E-state index contributed by atoms with van der Waals surface area (Å²) in [4.78, 5) is 42.9. The van der Waals surface area contributed by atoms with E-state index in [2.05, 4.69) is 14.7 Å². The van der Waals surface area contributed by atoms with E-state index in [1.54, 1.807) is 0 Å². The zero-order valence-corrected chi connectivity index (χ0v) is 10.1. The molecule has 0 spiro atoms. The van der Waals surface area contributed by atoms with Gasteiger partial charge in [0.15, 0.2) is 5.82 Å².